The number of anilines is 1. The summed E-state index contributed by atoms with van der Waals surface area (Å²) in [7, 11) is -3.37. The average Bonchev–Trinajstić information content (AvgIpc) is 3.51. The monoisotopic (exact) mass is 809 g/mol. The SMILES string of the molecule is COc1ccc(CN(c2scnc2C(=O)OC(C)(C)C)S(=O)(=O)c2cc(F)c(CC(=O)CN=C(NC(=O)OC(C)(C)C)NC(=O)OC(C)(C)C)c(F)c2)cc1. The van der Waals surface area contributed by atoms with E-state index in [2.05, 4.69) is 20.6 Å². The van der Waals surface area contributed by atoms with Gasteiger partial charge in [0.25, 0.3) is 10.0 Å². The van der Waals surface area contributed by atoms with E-state index >= 15 is 8.78 Å². The van der Waals surface area contributed by atoms with Crippen molar-refractivity contribution in [2.24, 2.45) is 4.99 Å². The summed E-state index contributed by atoms with van der Waals surface area (Å²) in [5.74, 6) is -4.58. The molecule has 15 nitrogen and oxygen atoms in total. The number of methoxy groups -OCH3 is 1. The minimum absolute atomic E-state index is 0.168. The largest absolute Gasteiger partial charge is 0.497 e. The van der Waals surface area contributed by atoms with Crippen LogP contribution in [-0.2, 0) is 42.0 Å². The van der Waals surface area contributed by atoms with Crippen LogP contribution in [0.5, 0.6) is 5.75 Å². The number of sulfonamides is 1. The Kier molecular flexibility index (Phi) is 14.1. The molecule has 3 aromatic rings. The quantitative estimate of drug-likeness (QED) is 0.0957. The van der Waals surface area contributed by atoms with Crippen LogP contribution in [0, 0.1) is 11.6 Å². The molecule has 2 amide bonds. The summed E-state index contributed by atoms with van der Waals surface area (Å²) in [6.07, 6.45) is -2.94. The number of hydrogen-bond donors (Lipinski definition) is 2. The Hall–Kier alpha value is -5.17. The lowest BCUT2D eigenvalue weighted by Gasteiger charge is -2.25. The van der Waals surface area contributed by atoms with Crippen LogP contribution in [0.3, 0.4) is 0 Å². The van der Waals surface area contributed by atoms with Gasteiger partial charge in [-0.05, 0) is 92.1 Å². The Morgan fingerprint density at radius 3 is 1.82 bits per heavy atom. The molecule has 0 aliphatic carbocycles. The summed E-state index contributed by atoms with van der Waals surface area (Å²) in [5, 5.41) is 4.21. The summed E-state index contributed by atoms with van der Waals surface area (Å²) in [4.78, 5) is 57.8. The Balaban J connectivity index is 1.96. The van der Waals surface area contributed by atoms with Crippen molar-refractivity contribution < 1.29 is 55.3 Å². The van der Waals surface area contributed by atoms with Crippen LogP contribution in [0.4, 0.5) is 23.4 Å². The fourth-order valence-corrected chi connectivity index (χ4v) is 6.90. The number of esters is 1. The fraction of sp³-hybridized carbons (Fsp3) is 0.444. The molecule has 1 aromatic heterocycles. The number of nitrogens with one attached hydrogen (secondary N) is 2. The lowest BCUT2D eigenvalue weighted by Crippen LogP contribution is -2.47. The molecule has 55 heavy (non-hydrogen) atoms. The van der Waals surface area contributed by atoms with Crippen molar-refractivity contribution in [2.45, 2.75) is 97.0 Å². The molecule has 300 valence electrons. The minimum Gasteiger partial charge on any atom is -0.497 e. The van der Waals surface area contributed by atoms with Gasteiger partial charge in [0.05, 0.1) is 24.1 Å². The fourth-order valence-electron chi connectivity index (χ4n) is 4.40. The molecule has 0 fully saturated rings. The zero-order chi connectivity index (χ0) is 41.5. The molecule has 0 unspecified atom stereocenters. The van der Waals surface area contributed by atoms with Crippen molar-refractivity contribution in [1.29, 1.82) is 0 Å². The number of aliphatic imine (C=N–C) groups is 1. The number of nitrogens with zero attached hydrogens (tertiary/aromatic N) is 3. The van der Waals surface area contributed by atoms with E-state index in [1.165, 1.54) is 12.6 Å². The molecule has 0 saturated heterocycles. The van der Waals surface area contributed by atoms with Crippen LogP contribution in [0.25, 0.3) is 0 Å². The number of hydrogen-bond acceptors (Lipinski definition) is 13. The van der Waals surface area contributed by atoms with Crippen LogP contribution in [0.15, 0.2) is 51.8 Å². The van der Waals surface area contributed by atoms with Crippen LogP contribution < -0.4 is 19.7 Å². The molecule has 0 spiro atoms. The van der Waals surface area contributed by atoms with Gasteiger partial charge in [-0.1, -0.05) is 12.1 Å². The first-order valence-electron chi connectivity index (χ1n) is 16.6. The minimum atomic E-state index is -4.82. The van der Waals surface area contributed by atoms with E-state index in [-0.39, 0.29) is 17.2 Å². The standard InChI is InChI=1S/C36H45F2N5O10S2/c1-34(2,3)51-30(45)28-29(54-20-40-28)43(19-21-11-13-23(50-10)14-12-21)55(48,49)24-16-26(37)25(27(38)17-24)15-22(44)18-39-31(41-32(46)52-35(4,5)6)42-33(47)53-36(7,8)9/h11-14,16-17,20H,15,18-19H2,1-10H3,(H2,39,41,42,46,47). The third-order valence-electron chi connectivity index (χ3n) is 6.58. The molecule has 2 aromatic carbocycles. The van der Waals surface area contributed by atoms with E-state index in [0.717, 1.165) is 15.6 Å². The topological polar surface area (TPSA) is 192 Å². The van der Waals surface area contributed by atoms with Gasteiger partial charge >= 0.3 is 18.2 Å². The smallest absolute Gasteiger partial charge is 0.414 e. The number of ether oxygens (including phenoxy) is 4. The highest BCUT2D eigenvalue weighted by molar-refractivity contribution is 7.93. The predicted molar refractivity (Wildman–Crippen MR) is 200 cm³/mol. The highest BCUT2D eigenvalue weighted by Gasteiger charge is 2.34. The highest BCUT2D eigenvalue weighted by Crippen LogP contribution is 2.34. The number of ketones is 1. The summed E-state index contributed by atoms with van der Waals surface area (Å²) >= 11 is 0.798. The lowest BCUT2D eigenvalue weighted by atomic mass is 10.1. The summed E-state index contributed by atoms with van der Waals surface area (Å²) in [6.45, 7) is 13.2. The number of rotatable bonds is 11. The predicted octanol–water partition coefficient (Wildman–Crippen LogP) is 6.30. The zero-order valence-corrected chi connectivity index (χ0v) is 33.8. The molecule has 0 saturated carbocycles. The number of amides is 2. The van der Waals surface area contributed by atoms with Crippen molar-refractivity contribution in [3.05, 3.63) is 70.4 Å². The maximum Gasteiger partial charge on any atom is 0.414 e. The average molecular weight is 810 g/mol. The number of thiazole rings is 1. The van der Waals surface area contributed by atoms with Crippen molar-refractivity contribution in [3.63, 3.8) is 0 Å². The van der Waals surface area contributed by atoms with E-state index in [9.17, 15) is 27.6 Å². The maximum atomic E-state index is 15.6. The van der Waals surface area contributed by atoms with E-state index in [4.69, 9.17) is 18.9 Å². The molecule has 2 N–H and O–H groups in total. The molecule has 0 aliphatic rings. The Labute approximate surface area is 322 Å². The molecule has 0 radical (unpaired) electrons. The van der Waals surface area contributed by atoms with Crippen molar-refractivity contribution >= 4 is 56.3 Å². The van der Waals surface area contributed by atoms with Crippen LogP contribution in [-0.4, -0.2) is 73.8 Å². The molecular formula is C36H45F2N5O10S2. The summed E-state index contributed by atoms with van der Waals surface area (Å²) in [6, 6.07) is 7.43. The molecular weight excluding hydrogens is 765 g/mol. The second-order valence-electron chi connectivity index (χ2n) is 14.9. The van der Waals surface area contributed by atoms with E-state index in [1.807, 2.05) is 0 Å². The lowest BCUT2D eigenvalue weighted by molar-refractivity contribution is -0.117. The Morgan fingerprint density at radius 1 is 0.836 bits per heavy atom. The molecule has 19 heteroatoms. The van der Waals surface area contributed by atoms with E-state index < -0.39 is 91.8 Å². The first-order chi connectivity index (χ1) is 25.3. The van der Waals surface area contributed by atoms with Crippen molar-refractivity contribution in [3.8, 4) is 5.75 Å². The van der Waals surface area contributed by atoms with Crippen molar-refractivity contribution in [2.75, 3.05) is 18.0 Å². The highest BCUT2D eigenvalue weighted by atomic mass is 32.2. The van der Waals surface area contributed by atoms with Gasteiger partial charge in [-0.25, -0.2) is 41.6 Å². The second kappa shape index (κ2) is 17.5. The normalized spacial score (nSPS) is 11.9. The van der Waals surface area contributed by atoms with Crippen LogP contribution in [0.1, 0.15) is 83.9 Å². The molecule has 0 bridgehead atoms. The van der Waals surface area contributed by atoms with Crippen molar-refractivity contribution in [1.82, 2.24) is 15.6 Å². The van der Waals surface area contributed by atoms with E-state index in [1.54, 1.807) is 86.6 Å². The first kappa shape index (κ1) is 44.2. The van der Waals surface area contributed by atoms with Gasteiger partial charge < -0.3 is 18.9 Å². The van der Waals surface area contributed by atoms with Gasteiger partial charge in [0.15, 0.2) is 11.5 Å². The molecule has 0 aliphatic heterocycles. The zero-order valence-electron chi connectivity index (χ0n) is 32.2. The van der Waals surface area contributed by atoms with Gasteiger partial charge in [-0.2, -0.15) is 0 Å². The Morgan fingerprint density at radius 2 is 1.35 bits per heavy atom. The number of carbonyl (C=O) groups is 4. The van der Waals surface area contributed by atoms with Gasteiger partial charge in [0.2, 0.25) is 5.96 Å². The van der Waals surface area contributed by atoms with E-state index in [0.29, 0.717) is 23.4 Å². The number of alkyl carbamates (subject to hydrolysis) is 2. The number of guanidine groups is 1. The Bertz CT molecular complexity index is 1980. The molecule has 1 heterocycles. The third kappa shape index (κ3) is 13.6. The summed E-state index contributed by atoms with van der Waals surface area (Å²) < 4.78 is 81.3. The maximum absolute atomic E-state index is 15.6. The number of Topliss-reactive ketones (excluding diaryl/α,β-unsaturated/α-hetero) is 1. The van der Waals surface area contributed by atoms with Gasteiger partial charge in [-0.15, -0.1) is 11.3 Å². The molecule has 0 atom stereocenters. The van der Waals surface area contributed by atoms with Gasteiger partial charge in [0, 0.05) is 12.0 Å². The van der Waals surface area contributed by atoms with Gasteiger partial charge in [-0.3, -0.25) is 19.7 Å². The number of carbonyl (C=O) groups excluding carboxylic acids is 4. The van der Waals surface area contributed by atoms with Crippen LogP contribution >= 0.6 is 11.3 Å². The number of aromatic nitrogens is 1. The number of benzene rings is 2. The van der Waals surface area contributed by atoms with Gasteiger partial charge in [0.1, 0.15) is 45.7 Å². The number of halogens is 2. The molecule has 3 rings (SSSR count). The second-order valence-corrected chi connectivity index (χ2v) is 17.6. The third-order valence-corrected chi connectivity index (χ3v) is 9.27. The first-order valence-corrected chi connectivity index (χ1v) is 19.0. The summed E-state index contributed by atoms with van der Waals surface area (Å²) in [5.41, 5.74) is -2.25. The van der Waals surface area contributed by atoms with Crippen LogP contribution in [0.2, 0.25) is 0 Å².